The summed E-state index contributed by atoms with van der Waals surface area (Å²) < 4.78 is 31.6. The van der Waals surface area contributed by atoms with Crippen LogP contribution in [0.2, 0.25) is 0 Å². The van der Waals surface area contributed by atoms with Gasteiger partial charge in [0, 0.05) is 12.8 Å². The molecule has 0 aliphatic carbocycles. The van der Waals surface area contributed by atoms with Gasteiger partial charge in [-0.05, 0) is 12.8 Å². The summed E-state index contributed by atoms with van der Waals surface area (Å²) in [5.74, 6) is -0.976. The van der Waals surface area contributed by atoms with Gasteiger partial charge in [-0.1, -0.05) is 58.8 Å². The van der Waals surface area contributed by atoms with Gasteiger partial charge in [0.05, 0.1) is 19.8 Å². The molecule has 0 radical (unpaired) electrons. The standard InChI is InChI=1S/C21H41O10P/c1-3-5-7-8-9-10-11-13-21(25)31-19(16-28-20(24)12-6-4-2)17-30-32(26,27)29-15-18(23)14-22/h18-19,22-23H,3-17H2,1-2H3,(H,26,27). The number of carbonyl (C=O) groups is 2. The number of unbranched alkanes of at least 4 members (excludes halogenated alkanes) is 7. The molecule has 0 spiro atoms. The van der Waals surface area contributed by atoms with E-state index in [0.717, 1.165) is 25.7 Å². The average molecular weight is 485 g/mol. The van der Waals surface area contributed by atoms with Crippen molar-refractivity contribution in [3.05, 3.63) is 0 Å². The Morgan fingerprint density at radius 3 is 2.00 bits per heavy atom. The van der Waals surface area contributed by atoms with Gasteiger partial charge in [0.25, 0.3) is 0 Å². The quantitative estimate of drug-likeness (QED) is 0.126. The van der Waals surface area contributed by atoms with Crippen LogP contribution in [-0.2, 0) is 32.7 Å². The number of aliphatic hydroxyl groups is 2. The summed E-state index contributed by atoms with van der Waals surface area (Å²) in [5.41, 5.74) is 0. The maximum Gasteiger partial charge on any atom is 0.472 e. The molecule has 0 aliphatic heterocycles. The van der Waals surface area contributed by atoms with Crippen molar-refractivity contribution in [1.82, 2.24) is 0 Å². The Balaban J connectivity index is 4.53. The predicted octanol–water partition coefficient (Wildman–Crippen LogP) is 3.26. The summed E-state index contributed by atoms with van der Waals surface area (Å²) in [6.07, 6.45) is 6.76. The fourth-order valence-electron chi connectivity index (χ4n) is 2.61. The average Bonchev–Trinajstić information content (AvgIpc) is 2.77. The van der Waals surface area contributed by atoms with Crippen molar-refractivity contribution in [3.8, 4) is 0 Å². The van der Waals surface area contributed by atoms with E-state index in [0.29, 0.717) is 12.8 Å². The number of aliphatic hydroxyl groups excluding tert-OH is 2. The summed E-state index contributed by atoms with van der Waals surface area (Å²) >= 11 is 0. The van der Waals surface area contributed by atoms with Gasteiger partial charge in [0.2, 0.25) is 0 Å². The monoisotopic (exact) mass is 484 g/mol. The van der Waals surface area contributed by atoms with E-state index in [1.54, 1.807) is 0 Å². The topological polar surface area (TPSA) is 149 Å². The van der Waals surface area contributed by atoms with Crippen molar-refractivity contribution in [2.75, 3.05) is 26.4 Å². The van der Waals surface area contributed by atoms with Crippen molar-refractivity contribution in [1.29, 1.82) is 0 Å². The SMILES string of the molecule is CCCCCCCCCC(=O)OC(COC(=O)CCCC)COP(=O)(O)OCC(O)CO. The molecule has 0 amide bonds. The molecular weight excluding hydrogens is 443 g/mol. The van der Waals surface area contributed by atoms with Crippen LogP contribution in [0.5, 0.6) is 0 Å². The van der Waals surface area contributed by atoms with Crippen LogP contribution in [0.25, 0.3) is 0 Å². The molecule has 0 heterocycles. The molecule has 0 bridgehead atoms. The Kier molecular flexibility index (Phi) is 18.8. The van der Waals surface area contributed by atoms with E-state index in [9.17, 15) is 24.2 Å². The van der Waals surface area contributed by atoms with E-state index >= 15 is 0 Å². The normalized spacial score (nSPS) is 15.0. The third kappa shape index (κ3) is 18.5. The van der Waals surface area contributed by atoms with E-state index < -0.39 is 51.8 Å². The van der Waals surface area contributed by atoms with E-state index in [1.165, 1.54) is 19.3 Å². The Morgan fingerprint density at radius 1 is 0.812 bits per heavy atom. The van der Waals surface area contributed by atoms with Crippen molar-refractivity contribution >= 4 is 19.8 Å². The number of phosphoric acid groups is 1. The minimum atomic E-state index is -4.56. The fraction of sp³-hybridized carbons (Fsp3) is 0.905. The van der Waals surface area contributed by atoms with E-state index in [2.05, 4.69) is 11.4 Å². The van der Waals surface area contributed by atoms with Crippen LogP contribution in [0.1, 0.15) is 84.5 Å². The van der Waals surface area contributed by atoms with Crippen LogP contribution >= 0.6 is 7.82 Å². The molecule has 3 atom stereocenters. The number of hydrogen-bond donors (Lipinski definition) is 3. The molecule has 0 aromatic carbocycles. The molecule has 0 fully saturated rings. The Morgan fingerprint density at radius 2 is 1.38 bits per heavy atom. The number of esters is 2. The van der Waals surface area contributed by atoms with Gasteiger partial charge in [-0.15, -0.1) is 0 Å². The van der Waals surface area contributed by atoms with Gasteiger partial charge in [-0.2, -0.15) is 0 Å². The Bertz CT molecular complexity index is 543. The molecule has 0 aromatic rings. The van der Waals surface area contributed by atoms with Crippen LogP contribution in [0.15, 0.2) is 0 Å². The minimum absolute atomic E-state index is 0.185. The summed E-state index contributed by atoms with van der Waals surface area (Å²) in [7, 11) is -4.56. The summed E-state index contributed by atoms with van der Waals surface area (Å²) in [5, 5.41) is 17.9. The highest BCUT2D eigenvalue weighted by atomic mass is 31.2. The maximum atomic E-state index is 12.1. The van der Waals surface area contributed by atoms with Gasteiger partial charge in [0.1, 0.15) is 12.7 Å². The molecule has 11 heteroatoms. The van der Waals surface area contributed by atoms with Crippen molar-refractivity contribution < 1.29 is 47.8 Å². The second kappa shape index (κ2) is 19.4. The first-order valence-electron chi connectivity index (χ1n) is 11.5. The lowest BCUT2D eigenvalue weighted by molar-refractivity contribution is -0.161. The second-order valence-electron chi connectivity index (χ2n) is 7.67. The molecule has 0 aromatic heterocycles. The second-order valence-corrected chi connectivity index (χ2v) is 9.12. The lowest BCUT2D eigenvalue weighted by atomic mass is 10.1. The lowest BCUT2D eigenvalue weighted by Crippen LogP contribution is -2.29. The van der Waals surface area contributed by atoms with E-state index in [4.69, 9.17) is 19.1 Å². The largest absolute Gasteiger partial charge is 0.472 e. The van der Waals surface area contributed by atoms with Gasteiger partial charge in [0.15, 0.2) is 6.10 Å². The first-order chi connectivity index (χ1) is 15.2. The highest BCUT2D eigenvalue weighted by Gasteiger charge is 2.27. The van der Waals surface area contributed by atoms with E-state index in [1.807, 2.05) is 6.92 Å². The number of carbonyl (C=O) groups excluding carboxylic acids is 2. The first-order valence-corrected chi connectivity index (χ1v) is 13.0. The summed E-state index contributed by atoms with van der Waals surface area (Å²) in [6, 6.07) is 0. The number of hydrogen-bond acceptors (Lipinski definition) is 9. The predicted molar refractivity (Wildman–Crippen MR) is 118 cm³/mol. The van der Waals surface area contributed by atoms with Crippen molar-refractivity contribution in [2.45, 2.75) is 96.7 Å². The zero-order chi connectivity index (χ0) is 24.2. The zero-order valence-electron chi connectivity index (χ0n) is 19.4. The zero-order valence-corrected chi connectivity index (χ0v) is 20.3. The van der Waals surface area contributed by atoms with Crippen molar-refractivity contribution in [2.24, 2.45) is 0 Å². The highest BCUT2D eigenvalue weighted by Crippen LogP contribution is 2.43. The minimum Gasteiger partial charge on any atom is -0.462 e. The van der Waals surface area contributed by atoms with Gasteiger partial charge in [-0.3, -0.25) is 18.6 Å². The van der Waals surface area contributed by atoms with Crippen LogP contribution in [0.3, 0.4) is 0 Å². The highest BCUT2D eigenvalue weighted by molar-refractivity contribution is 7.47. The van der Waals surface area contributed by atoms with Crippen LogP contribution in [-0.4, -0.2) is 65.7 Å². The summed E-state index contributed by atoms with van der Waals surface area (Å²) in [4.78, 5) is 33.5. The fourth-order valence-corrected chi connectivity index (χ4v) is 3.40. The molecule has 0 saturated carbocycles. The number of rotatable bonds is 21. The molecule has 32 heavy (non-hydrogen) atoms. The van der Waals surface area contributed by atoms with Crippen LogP contribution in [0.4, 0.5) is 0 Å². The molecule has 3 unspecified atom stereocenters. The molecule has 0 aliphatic rings. The first kappa shape index (κ1) is 31.0. The van der Waals surface area contributed by atoms with Crippen LogP contribution in [0, 0.1) is 0 Å². The Labute approximate surface area is 191 Å². The Hall–Kier alpha value is -1.03. The molecule has 0 saturated heterocycles. The molecule has 0 rings (SSSR count). The van der Waals surface area contributed by atoms with E-state index in [-0.39, 0.29) is 19.4 Å². The third-order valence-corrected chi connectivity index (χ3v) is 5.46. The third-order valence-electron chi connectivity index (χ3n) is 4.51. The molecule has 190 valence electrons. The van der Waals surface area contributed by atoms with Gasteiger partial charge >= 0.3 is 19.8 Å². The lowest BCUT2D eigenvalue weighted by Gasteiger charge is -2.20. The number of phosphoric ester groups is 1. The summed E-state index contributed by atoms with van der Waals surface area (Å²) in [6.45, 7) is 1.97. The molecule has 3 N–H and O–H groups in total. The number of ether oxygens (including phenoxy) is 2. The smallest absolute Gasteiger partial charge is 0.462 e. The molecule has 10 nitrogen and oxygen atoms in total. The maximum absolute atomic E-state index is 12.1. The van der Waals surface area contributed by atoms with Crippen molar-refractivity contribution in [3.63, 3.8) is 0 Å². The van der Waals surface area contributed by atoms with Gasteiger partial charge < -0.3 is 24.6 Å². The van der Waals surface area contributed by atoms with Gasteiger partial charge in [-0.25, -0.2) is 4.57 Å². The molecular formula is C21H41O10P. The van der Waals surface area contributed by atoms with Crippen LogP contribution < -0.4 is 0 Å².